The van der Waals surface area contributed by atoms with Gasteiger partial charge in [0, 0.05) is 16.0 Å². The van der Waals surface area contributed by atoms with Crippen molar-refractivity contribution in [2.45, 2.75) is 31.6 Å². The van der Waals surface area contributed by atoms with E-state index in [0.717, 1.165) is 16.2 Å². The molecule has 0 bridgehead atoms. The van der Waals surface area contributed by atoms with Crippen molar-refractivity contribution in [3.8, 4) is 6.07 Å². The van der Waals surface area contributed by atoms with Gasteiger partial charge in [-0.15, -0.1) is 23.1 Å². The number of rotatable bonds is 5. The minimum absolute atomic E-state index is 0.0854. The molecule has 0 saturated heterocycles. The highest BCUT2D eigenvalue weighted by molar-refractivity contribution is 8.00. The van der Waals surface area contributed by atoms with E-state index in [0.29, 0.717) is 10.8 Å². The van der Waals surface area contributed by atoms with E-state index >= 15 is 0 Å². The molecule has 0 aliphatic carbocycles. The summed E-state index contributed by atoms with van der Waals surface area (Å²) in [5.74, 6) is -0.541. The molecule has 3 nitrogen and oxygen atoms in total. The third-order valence-electron chi connectivity index (χ3n) is 3.05. The van der Waals surface area contributed by atoms with Crippen LogP contribution in [0.2, 0.25) is 0 Å². The van der Waals surface area contributed by atoms with Gasteiger partial charge in [0.25, 0.3) is 0 Å². The quantitative estimate of drug-likeness (QED) is 0.781. The van der Waals surface area contributed by atoms with Gasteiger partial charge in [0.1, 0.15) is 5.01 Å². The van der Waals surface area contributed by atoms with Gasteiger partial charge in [0.05, 0.1) is 11.8 Å². The van der Waals surface area contributed by atoms with Crippen molar-refractivity contribution in [1.29, 1.82) is 5.26 Å². The van der Waals surface area contributed by atoms with E-state index in [1.165, 1.54) is 28.7 Å². The fourth-order valence-corrected chi connectivity index (χ4v) is 3.76. The molecule has 2 rings (SSSR count). The van der Waals surface area contributed by atoms with Gasteiger partial charge < -0.3 is 0 Å². The minimum atomic E-state index is -0.749. The van der Waals surface area contributed by atoms with Gasteiger partial charge in [-0.2, -0.15) is 5.26 Å². The number of hydrogen-bond donors (Lipinski definition) is 0. The van der Waals surface area contributed by atoms with Crippen molar-refractivity contribution in [2.75, 3.05) is 5.75 Å². The lowest BCUT2D eigenvalue weighted by molar-refractivity contribution is -0.116. The second-order valence-corrected chi connectivity index (χ2v) is 6.82. The molecule has 1 aromatic carbocycles. The highest BCUT2D eigenvalue weighted by Gasteiger charge is 2.23. The summed E-state index contributed by atoms with van der Waals surface area (Å²) in [5, 5.41) is 11.7. The summed E-state index contributed by atoms with van der Waals surface area (Å²) in [7, 11) is 0. The number of nitrogens with zero attached hydrogens (tertiary/aromatic N) is 2. The van der Waals surface area contributed by atoms with Crippen molar-refractivity contribution < 1.29 is 4.79 Å². The maximum absolute atomic E-state index is 12.3. The van der Waals surface area contributed by atoms with E-state index in [1.807, 2.05) is 32.2 Å². The zero-order chi connectivity index (χ0) is 15.4. The van der Waals surface area contributed by atoms with Gasteiger partial charge in [-0.3, -0.25) is 4.79 Å². The standard InChI is InChI=1S/C16H16N2OS2/c1-10-4-5-11(2)15(6-10)20-9-14(19)13(7-17)16-18-12(3)8-21-16/h4-6,8,13H,9H2,1-3H3/t13-/m0/s1. The average molecular weight is 316 g/mol. The van der Waals surface area contributed by atoms with Gasteiger partial charge in [0.2, 0.25) is 0 Å². The number of nitriles is 1. The lowest BCUT2D eigenvalue weighted by Crippen LogP contribution is -2.13. The molecule has 0 N–H and O–H groups in total. The highest BCUT2D eigenvalue weighted by Crippen LogP contribution is 2.27. The van der Waals surface area contributed by atoms with Crippen LogP contribution in [0.15, 0.2) is 28.5 Å². The van der Waals surface area contributed by atoms with Gasteiger partial charge in [-0.05, 0) is 32.4 Å². The van der Waals surface area contributed by atoms with E-state index < -0.39 is 5.92 Å². The molecule has 0 spiro atoms. The molecule has 1 heterocycles. The Labute approximate surface area is 133 Å². The summed E-state index contributed by atoms with van der Waals surface area (Å²) in [6.45, 7) is 5.92. The van der Waals surface area contributed by atoms with E-state index in [-0.39, 0.29) is 5.78 Å². The Bertz CT molecular complexity index is 701. The van der Waals surface area contributed by atoms with Crippen molar-refractivity contribution >= 4 is 28.9 Å². The first-order chi connectivity index (χ1) is 10.0. The largest absolute Gasteiger partial charge is 0.297 e. The first-order valence-corrected chi connectivity index (χ1v) is 8.42. The fourth-order valence-electron chi connectivity index (χ4n) is 1.86. The Hall–Kier alpha value is -1.64. The number of benzene rings is 1. The summed E-state index contributed by atoms with van der Waals surface area (Å²) < 4.78 is 0. The number of hydrogen-bond acceptors (Lipinski definition) is 5. The molecular formula is C16H16N2OS2. The van der Waals surface area contributed by atoms with Crippen LogP contribution in [0.25, 0.3) is 0 Å². The number of thiazole rings is 1. The van der Waals surface area contributed by atoms with Gasteiger partial charge in [-0.1, -0.05) is 17.7 Å². The summed E-state index contributed by atoms with van der Waals surface area (Å²) in [4.78, 5) is 17.6. The second kappa shape index (κ2) is 6.88. The van der Waals surface area contributed by atoms with Crippen LogP contribution in [0, 0.1) is 32.1 Å². The smallest absolute Gasteiger partial charge is 0.167 e. The summed E-state index contributed by atoms with van der Waals surface area (Å²) in [6, 6.07) is 8.25. The molecule has 0 radical (unpaired) electrons. The minimum Gasteiger partial charge on any atom is -0.297 e. The van der Waals surface area contributed by atoms with Crippen LogP contribution < -0.4 is 0 Å². The Kier molecular flexibility index (Phi) is 5.16. The van der Waals surface area contributed by atoms with Gasteiger partial charge in [-0.25, -0.2) is 4.98 Å². The van der Waals surface area contributed by atoms with Crippen LogP contribution in [0.5, 0.6) is 0 Å². The Morgan fingerprint density at radius 1 is 1.43 bits per heavy atom. The Morgan fingerprint density at radius 3 is 2.81 bits per heavy atom. The zero-order valence-corrected chi connectivity index (χ0v) is 13.8. The molecule has 1 aromatic heterocycles. The van der Waals surface area contributed by atoms with Crippen LogP contribution in [-0.2, 0) is 4.79 Å². The Morgan fingerprint density at radius 2 is 2.19 bits per heavy atom. The molecule has 0 amide bonds. The van der Waals surface area contributed by atoms with Crippen molar-refractivity contribution in [3.63, 3.8) is 0 Å². The molecule has 21 heavy (non-hydrogen) atoms. The van der Waals surface area contributed by atoms with E-state index in [2.05, 4.69) is 23.2 Å². The maximum atomic E-state index is 12.3. The van der Waals surface area contributed by atoms with Crippen molar-refractivity contribution in [2.24, 2.45) is 0 Å². The molecule has 2 aromatic rings. The number of aromatic nitrogens is 1. The third-order valence-corrected chi connectivity index (χ3v) is 5.26. The number of aryl methyl sites for hydroxylation is 3. The monoisotopic (exact) mass is 316 g/mol. The lowest BCUT2D eigenvalue weighted by Gasteiger charge is -2.08. The van der Waals surface area contributed by atoms with Gasteiger partial charge in [0.15, 0.2) is 11.7 Å². The first kappa shape index (κ1) is 15.7. The molecule has 0 aliphatic rings. The normalized spacial score (nSPS) is 11.9. The number of carbonyl (C=O) groups excluding carboxylic acids is 1. The lowest BCUT2D eigenvalue weighted by atomic mass is 10.1. The van der Waals surface area contributed by atoms with Crippen LogP contribution in [0.3, 0.4) is 0 Å². The summed E-state index contributed by atoms with van der Waals surface area (Å²) >= 11 is 2.86. The molecule has 0 aliphatic heterocycles. The first-order valence-electron chi connectivity index (χ1n) is 6.55. The molecule has 0 fully saturated rings. The van der Waals surface area contributed by atoms with Crippen LogP contribution >= 0.6 is 23.1 Å². The second-order valence-electron chi connectivity index (χ2n) is 4.91. The molecule has 108 valence electrons. The molecule has 0 saturated carbocycles. The average Bonchev–Trinajstić information content (AvgIpc) is 2.87. The zero-order valence-electron chi connectivity index (χ0n) is 12.2. The molecule has 0 unspecified atom stereocenters. The SMILES string of the molecule is Cc1ccc(C)c(SCC(=O)[C@H](C#N)c2nc(C)cs2)c1. The Balaban J connectivity index is 2.07. The van der Waals surface area contributed by atoms with Crippen LogP contribution in [0.1, 0.15) is 27.7 Å². The number of ketones is 1. The predicted molar refractivity (Wildman–Crippen MR) is 86.9 cm³/mol. The highest BCUT2D eigenvalue weighted by atomic mass is 32.2. The summed E-state index contributed by atoms with van der Waals surface area (Å²) in [5.41, 5.74) is 3.17. The summed E-state index contributed by atoms with van der Waals surface area (Å²) in [6.07, 6.45) is 0. The number of carbonyl (C=O) groups is 1. The topological polar surface area (TPSA) is 53.8 Å². The van der Waals surface area contributed by atoms with Crippen molar-refractivity contribution in [1.82, 2.24) is 4.98 Å². The van der Waals surface area contributed by atoms with Crippen LogP contribution in [-0.4, -0.2) is 16.5 Å². The van der Waals surface area contributed by atoms with E-state index in [1.54, 1.807) is 0 Å². The van der Waals surface area contributed by atoms with E-state index in [4.69, 9.17) is 0 Å². The van der Waals surface area contributed by atoms with Crippen molar-refractivity contribution in [3.05, 3.63) is 45.4 Å². The molecular weight excluding hydrogens is 300 g/mol. The third kappa shape index (κ3) is 3.93. The van der Waals surface area contributed by atoms with Gasteiger partial charge >= 0.3 is 0 Å². The molecule has 1 atom stereocenters. The number of Topliss-reactive ketones (excluding diaryl/α,β-unsaturated/α-hetero) is 1. The number of thioether (sulfide) groups is 1. The molecule has 5 heteroatoms. The fraction of sp³-hybridized carbons (Fsp3) is 0.312. The van der Waals surface area contributed by atoms with E-state index in [9.17, 15) is 10.1 Å². The van der Waals surface area contributed by atoms with Crippen LogP contribution in [0.4, 0.5) is 0 Å². The predicted octanol–water partition coefficient (Wildman–Crippen LogP) is 4.04. The maximum Gasteiger partial charge on any atom is 0.167 e.